The Morgan fingerprint density at radius 2 is 2.12 bits per heavy atom. The van der Waals surface area contributed by atoms with Gasteiger partial charge in [0.2, 0.25) is 0 Å². The molecule has 0 amide bonds. The van der Waals surface area contributed by atoms with Gasteiger partial charge in [0.15, 0.2) is 0 Å². The molecule has 0 aromatic carbocycles. The summed E-state index contributed by atoms with van der Waals surface area (Å²) in [5.74, 6) is 0.940. The monoisotopic (exact) mass is 217 g/mol. The molecule has 1 heterocycles. The molecule has 2 aliphatic carbocycles. The van der Waals surface area contributed by atoms with Crippen LogP contribution >= 0.6 is 0 Å². The first kappa shape index (κ1) is 10.1. The molecule has 1 aromatic rings. The van der Waals surface area contributed by atoms with E-state index in [9.17, 15) is 0 Å². The Kier molecular flexibility index (Phi) is 2.56. The van der Waals surface area contributed by atoms with Gasteiger partial charge in [-0.25, -0.2) is 0 Å². The molecule has 3 rings (SSSR count). The zero-order chi connectivity index (χ0) is 11.0. The Bertz CT molecular complexity index is 369. The van der Waals surface area contributed by atoms with Gasteiger partial charge in [-0.05, 0) is 43.7 Å². The fraction of sp³-hybridized carbons (Fsp3) is 0.615. The molecule has 3 heteroatoms. The SMILES string of the molecule is NCc1cc(N(CC2CC2)C2CC2)ccn1. The van der Waals surface area contributed by atoms with Crippen molar-refractivity contribution in [3.8, 4) is 0 Å². The van der Waals surface area contributed by atoms with E-state index >= 15 is 0 Å². The topological polar surface area (TPSA) is 42.1 Å². The minimum Gasteiger partial charge on any atom is -0.368 e. The lowest BCUT2D eigenvalue weighted by Gasteiger charge is -2.24. The van der Waals surface area contributed by atoms with Crippen LogP contribution in [0.5, 0.6) is 0 Å². The molecule has 16 heavy (non-hydrogen) atoms. The highest BCUT2D eigenvalue weighted by atomic mass is 15.2. The first-order chi connectivity index (χ1) is 7.86. The molecule has 2 saturated carbocycles. The van der Waals surface area contributed by atoms with Crippen molar-refractivity contribution in [2.24, 2.45) is 11.7 Å². The highest BCUT2D eigenvalue weighted by molar-refractivity contribution is 5.49. The zero-order valence-corrected chi connectivity index (χ0v) is 9.60. The van der Waals surface area contributed by atoms with Crippen LogP contribution in [0.15, 0.2) is 18.3 Å². The van der Waals surface area contributed by atoms with Crippen LogP contribution < -0.4 is 10.6 Å². The second-order valence-corrected chi connectivity index (χ2v) is 5.04. The molecule has 2 aliphatic rings. The van der Waals surface area contributed by atoms with Gasteiger partial charge in [-0.15, -0.1) is 0 Å². The molecule has 1 aromatic heterocycles. The molecule has 0 radical (unpaired) electrons. The van der Waals surface area contributed by atoms with E-state index in [0.29, 0.717) is 6.54 Å². The first-order valence-corrected chi connectivity index (χ1v) is 6.28. The fourth-order valence-corrected chi connectivity index (χ4v) is 2.19. The van der Waals surface area contributed by atoms with Gasteiger partial charge < -0.3 is 10.6 Å². The van der Waals surface area contributed by atoms with E-state index in [-0.39, 0.29) is 0 Å². The van der Waals surface area contributed by atoms with Gasteiger partial charge in [-0.2, -0.15) is 0 Å². The maximum atomic E-state index is 5.64. The van der Waals surface area contributed by atoms with Crippen molar-refractivity contribution in [2.45, 2.75) is 38.3 Å². The van der Waals surface area contributed by atoms with Crippen LogP contribution in [-0.4, -0.2) is 17.6 Å². The lowest BCUT2D eigenvalue weighted by molar-refractivity contribution is 0.717. The van der Waals surface area contributed by atoms with E-state index in [1.165, 1.54) is 37.9 Å². The molecule has 0 aliphatic heterocycles. The maximum absolute atomic E-state index is 5.64. The highest BCUT2D eigenvalue weighted by Gasteiger charge is 2.33. The summed E-state index contributed by atoms with van der Waals surface area (Å²) in [7, 11) is 0. The lowest BCUT2D eigenvalue weighted by Crippen LogP contribution is -2.28. The molecule has 2 N–H and O–H groups in total. The van der Waals surface area contributed by atoms with E-state index in [1.807, 2.05) is 6.20 Å². The van der Waals surface area contributed by atoms with Crippen LogP contribution in [0.1, 0.15) is 31.4 Å². The minimum absolute atomic E-state index is 0.537. The minimum atomic E-state index is 0.537. The highest BCUT2D eigenvalue weighted by Crippen LogP contribution is 2.37. The van der Waals surface area contributed by atoms with Crippen molar-refractivity contribution < 1.29 is 0 Å². The van der Waals surface area contributed by atoms with Crippen molar-refractivity contribution >= 4 is 5.69 Å². The lowest BCUT2D eigenvalue weighted by atomic mass is 10.2. The predicted octanol–water partition coefficient (Wildman–Crippen LogP) is 1.92. The third-order valence-corrected chi connectivity index (χ3v) is 3.48. The Morgan fingerprint density at radius 3 is 2.75 bits per heavy atom. The smallest absolute Gasteiger partial charge is 0.0560 e. The molecule has 0 atom stereocenters. The maximum Gasteiger partial charge on any atom is 0.0560 e. The van der Waals surface area contributed by atoms with Crippen molar-refractivity contribution in [3.05, 3.63) is 24.0 Å². The molecule has 0 spiro atoms. The molecule has 3 nitrogen and oxygen atoms in total. The van der Waals surface area contributed by atoms with Crippen LogP contribution in [0.25, 0.3) is 0 Å². The third-order valence-electron chi connectivity index (χ3n) is 3.48. The van der Waals surface area contributed by atoms with E-state index in [4.69, 9.17) is 5.73 Å². The van der Waals surface area contributed by atoms with Crippen LogP contribution in [0.2, 0.25) is 0 Å². The standard InChI is InChI=1S/C13H19N3/c14-8-11-7-13(5-6-15-11)16(12-3-4-12)9-10-1-2-10/h5-7,10,12H,1-4,8-9,14H2. The Morgan fingerprint density at radius 1 is 1.31 bits per heavy atom. The number of nitrogens with zero attached hydrogens (tertiary/aromatic N) is 2. The summed E-state index contributed by atoms with van der Waals surface area (Å²) < 4.78 is 0. The normalized spacial score (nSPS) is 19.8. The molecular formula is C13H19N3. The summed E-state index contributed by atoms with van der Waals surface area (Å²) in [4.78, 5) is 6.83. The molecule has 86 valence electrons. The number of hydrogen-bond donors (Lipinski definition) is 1. The number of anilines is 1. The van der Waals surface area contributed by atoms with Crippen molar-refractivity contribution in [3.63, 3.8) is 0 Å². The van der Waals surface area contributed by atoms with E-state index in [1.54, 1.807) is 0 Å². The van der Waals surface area contributed by atoms with Crippen molar-refractivity contribution in [1.29, 1.82) is 0 Å². The fourth-order valence-electron chi connectivity index (χ4n) is 2.19. The van der Waals surface area contributed by atoms with Gasteiger partial charge in [-0.3, -0.25) is 4.98 Å². The molecular weight excluding hydrogens is 198 g/mol. The van der Waals surface area contributed by atoms with Crippen molar-refractivity contribution in [1.82, 2.24) is 4.98 Å². The molecule has 0 saturated heterocycles. The summed E-state index contributed by atoms with van der Waals surface area (Å²) in [6.45, 7) is 1.77. The average molecular weight is 217 g/mol. The van der Waals surface area contributed by atoms with Gasteiger partial charge in [0.05, 0.1) is 5.69 Å². The number of nitrogens with two attached hydrogens (primary N) is 1. The Labute approximate surface area is 96.7 Å². The van der Waals surface area contributed by atoms with Crippen molar-refractivity contribution in [2.75, 3.05) is 11.4 Å². The van der Waals surface area contributed by atoms with Crippen LogP contribution in [-0.2, 0) is 6.54 Å². The zero-order valence-electron chi connectivity index (χ0n) is 9.60. The Hall–Kier alpha value is -1.09. The van der Waals surface area contributed by atoms with Gasteiger partial charge in [0, 0.05) is 31.0 Å². The first-order valence-electron chi connectivity index (χ1n) is 6.28. The van der Waals surface area contributed by atoms with E-state index in [2.05, 4.69) is 22.0 Å². The number of hydrogen-bond acceptors (Lipinski definition) is 3. The van der Waals surface area contributed by atoms with Gasteiger partial charge >= 0.3 is 0 Å². The number of aromatic nitrogens is 1. The van der Waals surface area contributed by atoms with Crippen LogP contribution in [0, 0.1) is 5.92 Å². The second-order valence-electron chi connectivity index (χ2n) is 5.04. The Balaban J connectivity index is 1.79. The summed E-state index contributed by atoms with van der Waals surface area (Å²) >= 11 is 0. The average Bonchev–Trinajstić information content (AvgIpc) is 3.16. The van der Waals surface area contributed by atoms with Gasteiger partial charge in [0.25, 0.3) is 0 Å². The van der Waals surface area contributed by atoms with Gasteiger partial charge in [-0.1, -0.05) is 0 Å². The van der Waals surface area contributed by atoms with Gasteiger partial charge in [0.1, 0.15) is 0 Å². The number of rotatable bonds is 5. The van der Waals surface area contributed by atoms with Crippen LogP contribution in [0.4, 0.5) is 5.69 Å². The predicted molar refractivity (Wildman–Crippen MR) is 65.2 cm³/mol. The quantitative estimate of drug-likeness (QED) is 0.819. The second kappa shape index (κ2) is 4.06. The summed E-state index contributed by atoms with van der Waals surface area (Å²) in [6.07, 6.45) is 7.43. The number of pyridine rings is 1. The van der Waals surface area contributed by atoms with E-state index < -0.39 is 0 Å². The molecule has 0 bridgehead atoms. The summed E-state index contributed by atoms with van der Waals surface area (Å²) in [6, 6.07) is 5.06. The molecule has 0 unspecified atom stereocenters. The van der Waals surface area contributed by atoms with E-state index in [0.717, 1.165) is 17.7 Å². The largest absolute Gasteiger partial charge is 0.368 e. The summed E-state index contributed by atoms with van der Waals surface area (Å²) in [5.41, 5.74) is 7.97. The summed E-state index contributed by atoms with van der Waals surface area (Å²) in [5, 5.41) is 0. The van der Waals surface area contributed by atoms with Crippen LogP contribution in [0.3, 0.4) is 0 Å². The third kappa shape index (κ3) is 2.19. The molecule has 2 fully saturated rings.